The van der Waals surface area contributed by atoms with Gasteiger partial charge in [0.2, 0.25) is 0 Å². The van der Waals surface area contributed by atoms with Crippen LogP contribution in [0.1, 0.15) is 24.8 Å². The van der Waals surface area contributed by atoms with Crippen molar-refractivity contribution >= 4 is 17.4 Å². The van der Waals surface area contributed by atoms with Crippen LogP contribution in [0.15, 0.2) is 24.3 Å². The van der Waals surface area contributed by atoms with Crippen LogP contribution in [0.5, 0.6) is 0 Å². The highest BCUT2D eigenvalue weighted by atomic mass is 35.5. The zero-order valence-corrected chi connectivity index (χ0v) is 8.21. The fourth-order valence-electron chi connectivity index (χ4n) is 1.79. The van der Waals surface area contributed by atoms with E-state index < -0.39 is 0 Å². The van der Waals surface area contributed by atoms with Gasteiger partial charge in [0.05, 0.1) is 0 Å². The smallest absolute Gasteiger partial charge is 0.136 e. The molecule has 1 aromatic carbocycles. The molecule has 0 saturated heterocycles. The molecule has 1 aliphatic carbocycles. The highest BCUT2D eigenvalue weighted by Crippen LogP contribution is 2.39. The molecule has 0 heterocycles. The summed E-state index contributed by atoms with van der Waals surface area (Å²) in [5.41, 5.74) is 1.19. The van der Waals surface area contributed by atoms with Crippen LogP contribution < -0.4 is 0 Å². The molecule has 13 heavy (non-hydrogen) atoms. The molecule has 0 aromatic heterocycles. The lowest BCUT2D eigenvalue weighted by Gasteiger charge is -2.32. The van der Waals surface area contributed by atoms with Crippen molar-refractivity contribution in [3.63, 3.8) is 0 Å². The lowest BCUT2D eigenvalue weighted by Crippen LogP contribution is -2.32. The number of Topliss-reactive ketones (excluding diaryl/α,β-unsaturated/α-hetero) is 1. The Labute approximate surface area is 82.7 Å². The number of benzene rings is 1. The second kappa shape index (κ2) is 3.15. The monoisotopic (exact) mass is 194 g/mol. The molecule has 1 aliphatic rings. The second-order valence-electron chi connectivity index (χ2n) is 3.62. The molecule has 0 amide bonds. The van der Waals surface area contributed by atoms with E-state index in [-0.39, 0.29) is 5.92 Å². The maximum absolute atomic E-state index is 11.1. The van der Waals surface area contributed by atoms with Gasteiger partial charge in [-0.05, 0) is 17.7 Å². The van der Waals surface area contributed by atoms with E-state index in [0.717, 1.165) is 5.02 Å². The van der Waals surface area contributed by atoms with Crippen molar-refractivity contribution < 1.29 is 4.79 Å². The molecule has 0 aliphatic heterocycles. The van der Waals surface area contributed by atoms with Gasteiger partial charge in [-0.25, -0.2) is 0 Å². The van der Waals surface area contributed by atoms with Gasteiger partial charge in [0.1, 0.15) is 5.78 Å². The molecule has 1 aromatic rings. The van der Waals surface area contributed by atoms with Gasteiger partial charge in [-0.3, -0.25) is 4.79 Å². The topological polar surface area (TPSA) is 17.1 Å². The fraction of sp³-hybridized carbons (Fsp3) is 0.364. The number of hydrogen-bond acceptors (Lipinski definition) is 1. The minimum Gasteiger partial charge on any atom is -0.299 e. The summed E-state index contributed by atoms with van der Waals surface area (Å²) in [5.74, 6) is 0.939. The van der Waals surface area contributed by atoms with Crippen molar-refractivity contribution in [2.24, 2.45) is 5.92 Å². The molecule has 0 N–H and O–H groups in total. The first-order chi connectivity index (χ1) is 6.18. The molecule has 2 heteroatoms. The minimum atomic E-state index is 0.179. The third-order valence-corrected chi connectivity index (χ3v) is 3.04. The van der Waals surface area contributed by atoms with E-state index in [1.54, 1.807) is 0 Å². The van der Waals surface area contributed by atoms with E-state index in [9.17, 15) is 4.79 Å². The second-order valence-corrected chi connectivity index (χ2v) is 4.06. The van der Waals surface area contributed by atoms with Crippen molar-refractivity contribution in [3.05, 3.63) is 34.9 Å². The minimum absolute atomic E-state index is 0.179. The molecule has 1 nitrogen and oxygen atoms in total. The summed E-state index contributed by atoms with van der Waals surface area (Å²) in [4.78, 5) is 11.1. The van der Waals surface area contributed by atoms with Crippen molar-refractivity contribution in [1.29, 1.82) is 0 Å². The Morgan fingerprint density at radius 1 is 1.46 bits per heavy atom. The summed E-state index contributed by atoms with van der Waals surface area (Å²) in [5, 5.41) is 0.754. The molecule has 0 radical (unpaired) electrons. The predicted octanol–water partition coefficient (Wildman–Crippen LogP) is 3.03. The zero-order valence-electron chi connectivity index (χ0n) is 7.46. The van der Waals surface area contributed by atoms with Crippen LogP contribution in [0.2, 0.25) is 5.02 Å². The Balaban J connectivity index is 2.23. The quantitative estimate of drug-likeness (QED) is 0.672. The third kappa shape index (κ3) is 1.49. The fourth-order valence-corrected chi connectivity index (χ4v) is 1.99. The van der Waals surface area contributed by atoms with Gasteiger partial charge >= 0.3 is 0 Å². The molecular weight excluding hydrogens is 184 g/mol. The summed E-state index contributed by atoms with van der Waals surface area (Å²) < 4.78 is 0. The maximum atomic E-state index is 11.1. The van der Waals surface area contributed by atoms with Gasteiger partial charge in [-0.2, -0.15) is 0 Å². The highest BCUT2D eigenvalue weighted by Gasteiger charge is 2.36. The van der Waals surface area contributed by atoms with E-state index in [1.807, 2.05) is 31.2 Å². The molecule has 68 valence electrons. The van der Waals surface area contributed by atoms with E-state index in [1.165, 1.54) is 5.56 Å². The van der Waals surface area contributed by atoms with Crippen molar-refractivity contribution in [2.45, 2.75) is 19.3 Å². The van der Waals surface area contributed by atoms with Crippen LogP contribution in [0, 0.1) is 5.92 Å². The number of halogens is 1. The number of carbonyl (C=O) groups excluding carboxylic acids is 1. The summed E-state index contributed by atoms with van der Waals surface area (Å²) >= 11 is 5.87. The Morgan fingerprint density at radius 2 is 2.23 bits per heavy atom. The standard InChI is InChI=1S/C11H11ClO/c1-7-10(6-11(7)13)8-3-2-4-9(12)5-8/h2-5,7,10H,6H2,1H3. The highest BCUT2D eigenvalue weighted by molar-refractivity contribution is 6.30. The van der Waals surface area contributed by atoms with Gasteiger partial charge in [0.25, 0.3) is 0 Å². The van der Waals surface area contributed by atoms with Gasteiger partial charge < -0.3 is 0 Å². The van der Waals surface area contributed by atoms with Crippen LogP contribution in [-0.2, 0) is 4.79 Å². The van der Waals surface area contributed by atoms with Crippen LogP contribution in [0.25, 0.3) is 0 Å². The van der Waals surface area contributed by atoms with Gasteiger partial charge in [0, 0.05) is 23.3 Å². The maximum Gasteiger partial charge on any atom is 0.136 e. The Bertz CT molecular complexity index is 346. The largest absolute Gasteiger partial charge is 0.299 e. The van der Waals surface area contributed by atoms with Crippen molar-refractivity contribution in [1.82, 2.24) is 0 Å². The van der Waals surface area contributed by atoms with E-state index in [2.05, 4.69) is 0 Å². The molecule has 0 spiro atoms. The van der Waals surface area contributed by atoms with E-state index >= 15 is 0 Å². The predicted molar refractivity (Wildman–Crippen MR) is 53.0 cm³/mol. The normalized spacial score (nSPS) is 27.1. The Hall–Kier alpha value is -0.820. The first kappa shape index (κ1) is 8.76. The average Bonchev–Trinajstić information content (AvgIpc) is 2.13. The van der Waals surface area contributed by atoms with E-state index in [4.69, 9.17) is 11.6 Å². The van der Waals surface area contributed by atoms with Crippen LogP contribution >= 0.6 is 11.6 Å². The first-order valence-electron chi connectivity index (χ1n) is 4.46. The summed E-state index contributed by atoms with van der Waals surface area (Å²) in [6.07, 6.45) is 0.682. The third-order valence-electron chi connectivity index (χ3n) is 2.81. The van der Waals surface area contributed by atoms with E-state index in [0.29, 0.717) is 18.1 Å². The molecule has 2 atom stereocenters. The number of carbonyl (C=O) groups is 1. The number of rotatable bonds is 1. The number of ketones is 1. The Kier molecular flexibility index (Phi) is 2.12. The van der Waals surface area contributed by atoms with Crippen molar-refractivity contribution in [2.75, 3.05) is 0 Å². The molecule has 2 rings (SSSR count). The Morgan fingerprint density at radius 3 is 2.77 bits per heavy atom. The summed E-state index contributed by atoms with van der Waals surface area (Å²) in [7, 11) is 0. The molecule has 1 fully saturated rings. The summed E-state index contributed by atoms with van der Waals surface area (Å²) in [6.45, 7) is 1.98. The molecule has 0 bridgehead atoms. The molecule has 2 unspecified atom stereocenters. The van der Waals surface area contributed by atoms with Gasteiger partial charge in [-0.15, -0.1) is 0 Å². The lowest BCUT2D eigenvalue weighted by molar-refractivity contribution is -0.130. The van der Waals surface area contributed by atoms with Crippen LogP contribution in [0.4, 0.5) is 0 Å². The van der Waals surface area contributed by atoms with Crippen LogP contribution in [-0.4, -0.2) is 5.78 Å². The average molecular weight is 195 g/mol. The van der Waals surface area contributed by atoms with Crippen molar-refractivity contribution in [3.8, 4) is 0 Å². The summed E-state index contributed by atoms with van der Waals surface area (Å²) in [6, 6.07) is 7.79. The molecule has 1 saturated carbocycles. The lowest BCUT2D eigenvalue weighted by atomic mass is 9.70. The number of hydrogen-bond donors (Lipinski definition) is 0. The SMILES string of the molecule is CC1C(=O)CC1c1cccc(Cl)c1. The molecular formula is C11H11ClO. The van der Waals surface area contributed by atoms with Crippen LogP contribution in [0.3, 0.4) is 0 Å². The van der Waals surface area contributed by atoms with Gasteiger partial charge in [-0.1, -0.05) is 30.7 Å². The van der Waals surface area contributed by atoms with Gasteiger partial charge in [0.15, 0.2) is 0 Å². The zero-order chi connectivity index (χ0) is 9.42. The first-order valence-corrected chi connectivity index (χ1v) is 4.84.